The van der Waals surface area contributed by atoms with Crippen LogP contribution in [0.2, 0.25) is 0 Å². The highest BCUT2D eigenvalue weighted by atomic mass is 16.2. The number of hydrogen-bond donors (Lipinski definition) is 2. The highest BCUT2D eigenvalue weighted by Gasteiger charge is 2.24. The zero-order valence-electron chi connectivity index (χ0n) is 42.5. The molecule has 74 heavy (non-hydrogen) atoms. The fourth-order valence-electron chi connectivity index (χ4n) is 8.80. The first-order chi connectivity index (χ1) is 35.6. The minimum atomic E-state index is -0.0241. The third-order valence-electron chi connectivity index (χ3n) is 13.5. The predicted molar refractivity (Wildman–Crippen MR) is 285 cm³/mol. The van der Waals surface area contributed by atoms with E-state index in [1.807, 2.05) is 82.9 Å². The van der Waals surface area contributed by atoms with Gasteiger partial charge in [-0.25, -0.2) is 9.97 Å². The number of carbonyl (C=O) groups excluding carboxylic acids is 4. The fraction of sp³-hybridized carbons (Fsp3) is 0.296. The summed E-state index contributed by atoms with van der Waals surface area (Å²) in [7, 11) is 11.0. The molecule has 0 aliphatic carbocycles. The lowest BCUT2D eigenvalue weighted by Gasteiger charge is -2.32. The number of fused-ring (bicyclic) bond motifs is 2. The first-order valence-electron chi connectivity index (χ1n) is 24.3. The van der Waals surface area contributed by atoms with Crippen molar-refractivity contribution in [1.29, 1.82) is 0 Å². The summed E-state index contributed by atoms with van der Waals surface area (Å²) in [6.07, 6.45) is 13.8. The van der Waals surface area contributed by atoms with Crippen LogP contribution in [0.5, 0.6) is 0 Å². The Balaban J connectivity index is 0.000000182. The van der Waals surface area contributed by atoms with Crippen molar-refractivity contribution in [2.45, 2.75) is 13.1 Å². The molecule has 380 valence electrons. The van der Waals surface area contributed by atoms with Gasteiger partial charge in [0.05, 0.1) is 23.5 Å². The molecular weight excluding hydrogens is 937 g/mol. The van der Waals surface area contributed by atoms with Crippen LogP contribution in [0.25, 0.3) is 66.3 Å². The van der Waals surface area contributed by atoms with Crippen LogP contribution in [-0.2, 0) is 22.7 Å². The molecule has 20 heteroatoms. The molecule has 2 aromatic carbocycles. The van der Waals surface area contributed by atoms with Crippen LogP contribution in [0.15, 0.2) is 110 Å². The predicted octanol–water partition coefficient (Wildman–Crippen LogP) is 4.44. The number of nitrogen functional groups attached to an aromatic ring is 2. The van der Waals surface area contributed by atoms with E-state index in [9.17, 15) is 19.2 Å². The van der Waals surface area contributed by atoms with Gasteiger partial charge >= 0.3 is 0 Å². The third-order valence-corrected chi connectivity index (χ3v) is 13.5. The fourth-order valence-corrected chi connectivity index (χ4v) is 8.80. The van der Waals surface area contributed by atoms with Crippen LogP contribution in [0.1, 0.15) is 20.7 Å². The van der Waals surface area contributed by atoms with E-state index >= 15 is 0 Å². The van der Waals surface area contributed by atoms with Crippen molar-refractivity contribution >= 4 is 57.1 Å². The van der Waals surface area contributed by atoms with Gasteiger partial charge in [0.15, 0.2) is 0 Å². The molecular formula is C54H60N16O4. The summed E-state index contributed by atoms with van der Waals surface area (Å²) in [4.78, 5) is 79.3. The molecule has 4 amide bonds. The Morgan fingerprint density at radius 2 is 0.824 bits per heavy atom. The standard InChI is InChI=1S/2C27H30N8O2/c2*1-32(2)24(36)17-35-16-21(14-31-35)18-4-6-19(7-5-18)23-15-30-26(28)25-22(23)12-20(13-29-25)27(37)34-10-8-33(3)9-11-34/h2*4-7,12-16H,8-11,17H2,1-3H3,(H2,28,30). The molecule has 2 aliphatic heterocycles. The first kappa shape index (κ1) is 50.3. The van der Waals surface area contributed by atoms with Gasteiger partial charge in [-0.05, 0) is 48.5 Å². The molecule has 20 nitrogen and oxygen atoms in total. The molecule has 8 aromatic rings. The lowest BCUT2D eigenvalue weighted by molar-refractivity contribution is -0.130. The van der Waals surface area contributed by atoms with E-state index < -0.39 is 0 Å². The maximum absolute atomic E-state index is 13.2. The third kappa shape index (κ3) is 11.1. The molecule has 0 radical (unpaired) electrons. The molecule has 2 fully saturated rings. The number of rotatable bonds is 10. The number of carbonyl (C=O) groups is 4. The molecule has 0 spiro atoms. The van der Waals surface area contributed by atoms with Gasteiger partial charge in [-0.15, -0.1) is 0 Å². The van der Waals surface area contributed by atoms with Gasteiger partial charge in [0.2, 0.25) is 11.8 Å². The molecule has 4 N–H and O–H groups in total. The highest BCUT2D eigenvalue weighted by molar-refractivity contribution is 6.05. The van der Waals surface area contributed by atoms with E-state index in [-0.39, 0.29) is 36.7 Å². The van der Waals surface area contributed by atoms with Gasteiger partial charge in [0, 0.05) is 151 Å². The molecule has 0 unspecified atom stereocenters. The Morgan fingerprint density at radius 3 is 1.18 bits per heavy atom. The van der Waals surface area contributed by atoms with E-state index in [2.05, 4.69) is 54.0 Å². The van der Waals surface area contributed by atoms with E-state index in [0.717, 1.165) is 81.5 Å². The molecule has 6 aromatic heterocycles. The van der Waals surface area contributed by atoms with E-state index in [4.69, 9.17) is 11.5 Å². The van der Waals surface area contributed by atoms with Crippen molar-refractivity contribution in [1.82, 2.24) is 68.9 Å². The number of hydrogen-bond acceptors (Lipinski definition) is 14. The van der Waals surface area contributed by atoms with Crippen molar-refractivity contribution in [3.8, 4) is 44.5 Å². The number of benzene rings is 2. The summed E-state index contributed by atoms with van der Waals surface area (Å²) in [5.74, 6) is 0.564. The second-order valence-electron chi connectivity index (χ2n) is 19.1. The van der Waals surface area contributed by atoms with Crippen molar-refractivity contribution in [2.24, 2.45) is 0 Å². The van der Waals surface area contributed by atoms with Crippen LogP contribution in [-0.4, -0.2) is 187 Å². The largest absolute Gasteiger partial charge is 0.382 e. The number of aromatic nitrogens is 8. The van der Waals surface area contributed by atoms with E-state index in [1.165, 1.54) is 0 Å². The molecule has 0 bridgehead atoms. The van der Waals surface area contributed by atoms with Crippen LogP contribution >= 0.6 is 0 Å². The van der Waals surface area contributed by atoms with Crippen molar-refractivity contribution in [3.05, 3.63) is 121 Å². The maximum atomic E-state index is 13.2. The van der Waals surface area contributed by atoms with E-state index in [0.29, 0.717) is 60.0 Å². The molecule has 8 heterocycles. The topological polar surface area (TPSA) is 227 Å². The number of amides is 4. The van der Waals surface area contributed by atoms with Crippen LogP contribution in [0.3, 0.4) is 0 Å². The summed E-state index contributed by atoms with van der Waals surface area (Å²) in [5, 5.41) is 10.2. The summed E-state index contributed by atoms with van der Waals surface area (Å²) in [6, 6.07) is 19.7. The number of likely N-dealkylation sites (N-methyl/N-ethyl adjacent to an activating group) is 4. The highest BCUT2D eigenvalue weighted by Crippen LogP contribution is 2.34. The smallest absolute Gasteiger partial charge is 0.255 e. The Hall–Kier alpha value is -8.62. The van der Waals surface area contributed by atoms with Crippen LogP contribution < -0.4 is 11.5 Å². The van der Waals surface area contributed by atoms with E-state index in [1.54, 1.807) is 84.5 Å². The second kappa shape index (κ2) is 21.6. The zero-order valence-corrected chi connectivity index (χ0v) is 42.5. The summed E-state index contributed by atoms with van der Waals surface area (Å²) >= 11 is 0. The Kier molecular flexibility index (Phi) is 14.7. The van der Waals surface area contributed by atoms with Gasteiger partial charge in [-0.1, -0.05) is 48.5 Å². The minimum Gasteiger partial charge on any atom is -0.382 e. The summed E-state index contributed by atoms with van der Waals surface area (Å²) in [5.41, 5.74) is 21.8. The summed E-state index contributed by atoms with van der Waals surface area (Å²) in [6.45, 7) is 6.57. The molecule has 10 rings (SSSR count). The molecule has 2 aliphatic rings. The Bertz CT molecular complexity index is 3130. The second-order valence-corrected chi connectivity index (χ2v) is 19.1. The number of piperazine rings is 2. The molecule has 0 saturated carbocycles. The lowest BCUT2D eigenvalue weighted by atomic mass is 9.99. The minimum absolute atomic E-state index is 0.0215. The zero-order chi connectivity index (χ0) is 52.2. The van der Waals surface area contributed by atoms with Crippen LogP contribution in [0.4, 0.5) is 11.6 Å². The average Bonchev–Trinajstić information content (AvgIpc) is 4.09. The first-order valence-corrected chi connectivity index (χ1v) is 24.3. The van der Waals surface area contributed by atoms with Gasteiger partial charge in [-0.3, -0.25) is 38.5 Å². The van der Waals surface area contributed by atoms with Crippen LogP contribution in [0, 0.1) is 0 Å². The van der Waals surface area contributed by atoms with Gasteiger partial charge < -0.3 is 40.9 Å². The number of nitrogens with zero attached hydrogens (tertiary/aromatic N) is 14. The Morgan fingerprint density at radius 1 is 0.473 bits per heavy atom. The Labute approximate surface area is 428 Å². The van der Waals surface area contributed by atoms with Gasteiger partial charge in [0.1, 0.15) is 35.8 Å². The number of nitrogens with two attached hydrogens (primary N) is 2. The molecule has 2 saturated heterocycles. The van der Waals surface area contributed by atoms with Crippen molar-refractivity contribution in [2.75, 3.05) is 106 Å². The SMILES string of the molecule is CN1CCN(C(=O)c2cnc3c(N)ncc(-c4ccc(-c5cnn(CC(=O)N(C)C)c5)cc4)c3c2)CC1.CN1CCN(C(=O)c2cnc3c(N)ncc(-c4ccc(-c5cnn(CC(=O)N(C)C)c5)cc4)c3c2)CC1. The van der Waals surface area contributed by atoms with Gasteiger partial charge in [0.25, 0.3) is 11.8 Å². The van der Waals surface area contributed by atoms with Gasteiger partial charge in [-0.2, -0.15) is 10.2 Å². The normalized spacial score (nSPS) is 14.2. The van der Waals surface area contributed by atoms with Crippen molar-refractivity contribution < 1.29 is 19.2 Å². The summed E-state index contributed by atoms with van der Waals surface area (Å²) < 4.78 is 3.26. The monoisotopic (exact) mass is 996 g/mol. The van der Waals surface area contributed by atoms with Crippen molar-refractivity contribution in [3.63, 3.8) is 0 Å². The number of pyridine rings is 4. The maximum Gasteiger partial charge on any atom is 0.255 e. The lowest BCUT2D eigenvalue weighted by Crippen LogP contribution is -2.47. The number of anilines is 2. The quantitative estimate of drug-likeness (QED) is 0.193. The molecule has 0 atom stereocenters. The average molecular weight is 997 g/mol.